The number of amides is 1. The van der Waals surface area contributed by atoms with Gasteiger partial charge in [0.25, 0.3) is 11.6 Å². The first-order valence-electron chi connectivity index (χ1n) is 10.8. The number of hydrazone groups is 1. The Kier molecular flexibility index (Phi) is 6.81. The van der Waals surface area contributed by atoms with Crippen LogP contribution < -0.4 is 15.1 Å². The minimum atomic E-state index is -0.539. The zero-order valence-corrected chi connectivity index (χ0v) is 19.2. The number of carbonyl (C=O) groups excluding carboxylic acids is 1. The monoisotopic (exact) mass is 438 g/mol. The smallest absolute Gasteiger partial charge is 0.271 e. The number of non-ortho nitro benzene ring substituents is 1. The molecule has 2 aromatic carbocycles. The van der Waals surface area contributed by atoms with Gasteiger partial charge in [0.15, 0.2) is 0 Å². The fraction of sp³-hybridized carbons (Fsp3) is 0.417. The molecule has 1 amide bonds. The van der Waals surface area contributed by atoms with Gasteiger partial charge in [-0.1, -0.05) is 19.9 Å². The number of benzene rings is 2. The van der Waals surface area contributed by atoms with Gasteiger partial charge in [0.2, 0.25) is 0 Å². The van der Waals surface area contributed by atoms with Crippen molar-refractivity contribution >= 4 is 23.5 Å². The van der Waals surface area contributed by atoms with Crippen molar-refractivity contribution in [3.63, 3.8) is 0 Å². The minimum absolute atomic E-state index is 0.0509. The molecule has 0 radical (unpaired) electrons. The van der Waals surface area contributed by atoms with Crippen LogP contribution >= 0.6 is 0 Å². The van der Waals surface area contributed by atoms with Crippen LogP contribution in [0.4, 0.5) is 11.4 Å². The highest BCUT2D eigenvalue weighted by Crippen LogP contribution is 2.45. The number of ether oxygens (including phenoxy) is 1. The lowest BCUT2D eigenvalue weighted by Gasteiger charge is -2.47. The summed E-state index contributed by atoms with van der Waals surface area (Å²) in [5.74, 6) is 0.514. The maximum absolute atomic E-state index is 12.3. The fourth-order valence-corrected chi connectivity index (χ4v) is 4.44. The molecule has 0 aliphatic carbocycles. The summed E-state index contributed by atoms with van der Waals surface area (Å²) in [4.78, 5) is 25.2. The molecule has 1 heterocycles. The Balaban J connectivity index is 1.87. The van der Waals surface area contributed by atoms with Gasteiger partial charge < -0.3 is 9.64 Å². The summed E-state index contributed by atoms with van der Waals surface area (Å²) in [7, 11) is 1.61. The third-order valence-corrected chi connectivity index (χ3v) is 5.87. The summed E-state index contributed by atoms with van der Waals surface area (Å²) >= 11 is 0. The van der Waals surface area contributed by atoms with Crippen molar-refractivity contribution in [2.24, 2.45) is 5.10 Å². The van der Waals surface area contributed by atoms with Crippen LogP contribution in [0.25, 0.3) is 0 Å². The zero-order chi connectivity index (χ0) is 23.5. The van der Waals surface area contributed by atoms with E-state index in [1.54, 1.807) is 13.3 Å². The van der Waals surface area contributed by atoms with Crippen molar-refractivity contribution in [2.45, 2.75) is 52.0 Å². The van der Waals surface area contributed by atoms with E-state index in [2.05, 4.69) is 49.2 Å². The molecule has 3 rings (SSSR count). The van der Waals surface area contributed by atoms with Crippen molar-refractivity contribution in [2.75, 3.05) is 18.6 Å². The van der Waals surface area contributed by atoms with E-state index < -0.39 is 10.8 Å². The van der Waals surface area contributed by atoms with Crippen molar-refractivity contribution in [1.82, 2.24) is 5.43 Å². The molecule has 1 aliphatic rings. The number of nitrogens with zero attached hydrogens (tertiary/aromatic N) is 3. The van der Waals surface area contributed by atoms with Crippen molar-refractivity contribution in [3.8, 4) is 5.75 Å². The first-order valence-corrected chi connectivity index (χ1v) is 10.8. The number of hydrogen-bond donors (Lipinski definition) is 1. The lowest BCUT2D eigenvalue weighted by molar-refractivity contribution is -0.384. The Morgan fingerprint density at radius 1 is 1.38 bits per heavy atom. The van der Waals surface area contributed by atoms with Crippen LogP contribution in [0.2, 0.25) is 0 Å². The Labute approximate surface area is 188 Å². The van der Waals surface area contributed by atoms with Crippen LogP contribution in [0.15, 0.2) is 41.5 Å². The molecule has 0 fully saturated rings. The Hall–Kier alpha value is -3.42. The van der Waals surface area contributed by atoms with Gasteiger partial charge in [-0.25, -0.2) is 5.43 Å². The molecule has 32 heavy (non-hydrogen) atoms. The maximum atomic E-state index is 12.3. The third kappa shape index (κ3) is 4.74. The summed E-state index contributed by atoms with van der Waals surface area (Å²) in [6, 6.07) is 9.64. The molecule has 0 saturated heterocycles. The highest BCUT2D eigenvalue weighted by Gasteiger charge is 2.36. The molecule has 0 saturated carbocycles. The van der Waals surface area contributed by atoms with E-state index in [1.165, 1.54) is 35.5 Å². The van der Waals surface area contributed by atoms with Gasteiger partial charge in [-0.15, -0.1) is 0 Å². The Morgan fingerprint density at radius 3 is 2.78 bits per heavy atom. The largest absolute Gasteiger partial charge is 0.496 e. The first-order chi connectivity index (χ1) is 15.2. The highest BCUT2D eigenvalue weighted by molar-refractivity contribution is 5.95. The summed E-state index contributed by atoms with van der Waals surface area (Å²) < 4.78 is 5.62. The molecule has 1 unspecified atom stereocenters. The standard InChI is InChI=1S/C24H30N4O4/c1-6-10-27-21-13-22(32-5)18(12-20(21)16(2)14-24(27,3)4)15-25-26-23(29)17-8-7-9-19(11-17)28(30)31/h7-9,11-13,15-16H,6,10,14H2,1-5H3,(H,26,29)/b25-15-. The van der Waals surface area contributed by atoms with E-state index in [0.717, 1.165) is 24.9 Å². The highest BCUT2D eigenvalue weighted by atomic mass is 16.6. The van der Waals surface area contributed by atoms with E-state index in [9.17, 15) is 14.9 Å². The number of nitro benzene ring substituents is 1. The van der Waals surface area contributed by atoms with Crippen LogP contribution in [0.5, 0.6) is 5.75 Å². The zero-order valence-electron chi connectivity index (χ0n) is 19.2. The predicted octanol–water partition coefficient (Wildman–Crippen LogP) is 4.87. The van der Waals surface area contributed by atoms with Crippen LogP contribution in [0, 0.1) is 10.1 Å². The number of carbonyl (C=O) groups is 1. The van der Waals surface area contributed by atoms with Gasteiger partial charge in [-0.2, -0.15) is 5.10 Å². The number of rotatable bonds is 7. The fourth-order valence-electron chi connectivity index (χ4n) is 4.44. The molecule has 1 aliphatic heterocycles. The number of nitro groups is 1. The second kappa shape index (κ2) is 9.38. The first kappa shape index (κ1) is 23.2. The maximum Gasteiger partial charge on any atom is 0.271 e. The molecule has 170 valence electrons. The van der Waals surface area contributed by atoms with Crippen molar-refractivity contribution in [1.29, 1.82) is 0 Å². The topological polar surface area (TPSA) is 97.1 Å². The third-order valence-electron chi connectivity index (χ3n) is 5.87. The normalized spacial score (nSPS) is 17.2. The van der Waals surface area contributed by atoms with Gasteiger partial charge in [-0.05, 0) is 50.3 Å². The van der Waals surface area contributed by atoms with Crippen LogP contribution in [0.3, 0.4) is 0 Å². The van der Waals surface area contributed by atoms with Gasteiger partial charge in [0, 0.05) is 47.1 Å². The van der Waals surface area contributed by atoms with E-state index in [1.807, 2.05) is 6.07 Å². The van der Waals surface area contributed by atoms with Crippen LogP contribution in [-0.2, 0) is 0 Å². The number of anilines is 1. The summed E-state index contributed by atoms with van der Waals surface area (Å²) in [6.07, 6.45) is 3.63. The Bertz CT molecular complexity index is 1050. The molecular weight excluding hydrogens is 408 g/mol. The molecule has 1 N–H and O–H groups in total. The molecule has 0 aromatic heterocycles. The average molecular weight is 439 g/mol. The predicted molar refractivity (Wildman–Crippen MR) is 126 cm³/mol. The second-order valence-electron chi connectivity index (χ2n) is 8.73. The molecule has 2 aromatic rings. The molecule has 1 atom stereocenters. The summed E-state index contributed by atoms with van der Waals surface area (Å²) in [5.41, 5.74) is 5.67. The minimum Gasteiger partial charge on any atom is -0.496 e. The Morgan fingerprint density at radius 2 is 2.12 bits per heavy atom. The van der Waals surface area contributed by atoms with E-state index in [4.69, 9.17) is 4.74 Å². The molecule has 0 bridgehead atoms. The van der Waals surface area contributed by atoms with Gasteiger partial charge >= 0.3 is 0 Å². The number of methoxy groups -OCH3 is 1. The van der Waals surface area contributed by atoms with Gasteiger partial charge in [0.05, 0.1) is 18.2 Å². The number of nitrogens with one attached hydrogen (secondary N) is 1. The summed E-state index contributed by atoms with van der Waals surface area (Å²) in [5, 5.41) is 15.0. The van der Waals surface area contributed by atoms with Gasteiger partial charge in [-0.3, -0.25) is 14.9 Å². The van der Waals surface area contributed by atoms with E-state index in [0.29, 0.717) is 11.7 Å². The van der Waals surface area contributed by atoms with Crippen molar-refractivity contribution in [3.05, 3.63) is 63.2 Å². The molecular formula is C24H30N4O4. The lowest BCUT2D eigenvalue weighted by atomic mass is 9.79. The molecule has 8 heteroatoms. The second-order valence-corrected chi connectivity index (χ2v) is 8.73. The molecule has 0 spiro atoms. The lowest BCUT2D eigenvalue weighted by Crippen LogP contribution is -2.48. The van der Waals surface area contributed by atoms with Crippen molar-refractivity contribution < 1.29 is 14.5 Å². The quantitative estimate of drug-likeness (QED) is 0.378. The SMILES string of the molecule is CCCN1c2cc(OC)c(/C=N\NC(=O)c3cccc([N+](=O)[O-])c3)cc2C(C)CC1(C)C. The van der Waals surface area contributed by atoms with E-state index >= 15 is 0 Å². The van der Waals surface area contributed by atoms with E-state index in [-0.39, 0.29) is 16.8 Å². The molecule has 8 nitrogen and oxygen atoms in total. The van der Waals surface area contributed by atoms with Crippen LogP contribution in [-0.4, -0.2) is 36.2 Å². The van der Waals surface area contributed by atoms with Gasteiger partial charge in [0.1, 0.15) is 5.75 Å². The number of fused-ring (bicyclic) bond motifs is 1. The summed E-state index contributed by atoms with van der Waals surface area (Å²) in [6.45, 7) is 9.90. The number of hydrogen-bond acceptors (Lipinski definition) is 6. The average Bonchev–Trinajstić information content (AvgIpc) is 2.76. The van der Waals surface area contributed by atoms with Crippen LogP contribution in [0.1, 0.15) is 67.9 Å².